The third kappa shape index (κ3) is 7.81. The number of hydrogen-bond donors (Lipinski definition) is 2. The molecule has 0 aliphatic carbocycles. The molecule has 1 atom stereocenters. The molecule has 0 saturated carbocycles. The number of carboxylic acid groups (broad SMARTS) is 1. The van der Waals surface area contributed by atoms with Gasteiger partial charge in [0.05, 0.1) is 5.41 Å². The molecule has 0 unspecified atom stereocenters. The molecule has 2 aromatic rings. The van der Waals surface area contributed by atoms with Crippen LogP contribution in [0.2, 0.25) is 5.82 Å². The van der Waals surface area contributed by atoms with E-state index in [1.807, 2.05) is 0 Å². The van der Waals surface area contributed by atoms with Gasteiger partial charge in [0.15, 0.2) is 6.61 Å². The Bertz CT molecular complexity index is 1170. The highest BCUT2D eigenvalue weighted by molar-refractivity contribution is 6.47. The number of hydrogen-bond acceptors (Lipinski definition) is 9. The minimum atomic E-state index is -1.32. The van der Waals surface area contributed by atoms with Crippen LogP contribution in [0.25, 0.3) is 0 Å². The van der Waals surface area contributed by atoms with E-state index < -0.39 is 49.7 Å². The quantitative estimate of drug-likeness (QED) is 0.277. The molecule has 1 aliphatic heterocycles. The highest BCUT2D eigenvalue weighted by atomic mass is 16.7. The Kier molecular flexibility index (Phi) is 8.93. The van der Waals surface area contributed by atoms with E-state index in [0.29, 0.717) is 23.3 Å². The molecule has 0 bridgehead atoms. The maximum absolute atomic E-state index is 12.7. The molecular formula is C26H29BO10. The van der Waals surface area contributed by atoms with Crippen LogP contribution in [0.15, 0.2) is 42.5 Å². The zero-order valence-corrected chi connectivity index (χ0v) is 20.9. The van der Waals surface area contributed by atoms with E-state index >= 15 is 0 Å². The van der Waals surface area contributed by atoms with Crippen molar-refractivity contribution in [2.75, 3.05) is 13.4 Å². The van der Waals surface area contributed by atoms with E-state index in [9.17, 15) is 24.2 Å². The summed E-state index contributed by atoms with van der Waals surface area (Å²) in [6.45, 7) is 3.99. The number of aliphatic carboxylic acids is 1. The topological polar surface area (TPSA) is 146 Å². The molecule has 11 heteroatoms. The van der Waals surface area contributed by atoms with Crippen molar-refractivity contribution >= 4 is 30.8 Å². The number of benzene rings is 2. The van der Waals surface area contributed by atoms with Crippen LogP contribution in [0.3, 0.4) is 0 Å². The predicted octanol–water partition coefficient (Wildman–Crippen LogP) is 2.84. The van der Waals surface area contributed by atoms with Crippen LogP contribution in [0.1, 0.15) is 48.7 Å². The van der Waals surface area contributed by atoms with E-state index in [1.54, 1.807) is 57.2 Å². The maximum atomic E-state index is 12.7. The second-order valence-electron chi connectivity index (χ2n) is 9.75. The molecule has 0 radical (unpaired) electrons. The van der Waals surface area contributed by atoms with Gasteiger partial charge in [0.1, 0.15) is 22.8 Å². The van der Waals surface area contributed by atoms with Crippen LogP contribution >= 0.6 is 0 Å². The highest BCUT2D eigenvalue weighted by Gasteiger charge is 2.38. The van der Waals surface area contributed by atoms with Gasteiger partial charge in [-0.25, -0.2) is 9.59 Å². The molecule has 2 N–H and O–H groups in total. The predicted molar refractivity (Wildman–Crippen MR) is 131 cm³/mol. The Morgan fingerprint density at radius 3 is 2.51 bits per heavy atom. The normalized spacial score (nSPS) is 14.7. The molecule has 0 fully saturated rings. The van der Waals surface area contributed by atoms with Crippen molar-refractivity contribution in [1.29, 1.82) is 0 Å². The lowest BCUT2D eigenvalue weighted by Gasteiger charge is -2.28. The van der Waals surface area contributed by atoms with Crippen molar-refractivity contribution in [3.63, 3.8) is 0 Å². The molecule has 0 aromatic heterocycles. The maximum Gasteiger partial charge on any atom is 0.526 e. The summed E-state index contributed by atoms with van der Waals surface area (Å²) in [6, 6.07) is 11.4. The van der Waals surface area contributed by atoms with E-state index in [0.717, 1.165) is 0 Å². The fraction of sp³-hybridized carbons (Fsp3) is 0.385. The summed E-state index contributed by atoms with van der Waals surface area (Å²) in [5, 5.41) is 19.3. The van der Waals surface area contributed by atoms with Crippen LogP contribution < -0.4 is 9.39 Å². The van der Waals surface area contributed by atoms with Crippen LogP contribution in [0, 0.1) is 5.41 Å². The van der Waals surface area contributed by atoms with Gasteiger partial charge in [-0.15, -0.1) is 0 Å². The van der Waals surface area contributed by atoms with E-state index in [1.165, 1.54) is 6.07 Å². The first-order chi connectivity index (χ1) is 17.4. The van der Waals surface area contributed by atoms with Crippen molar-refractivity contribution in [2.45, 2.75) is 45.9 Å². The van der Waals surface area contributed by atoms with Crippen molar-refractivity contribution in [3.05, 3.63) is 59.2 Å². The number of Topliss-reactive ketones (excluding diaryl/α,β-unsaturated/α-hetero) is 1. The molecule has 0 spiro atoms. The van der Waals surface area contributed by atoms with E-state index in [2.05, 4.69) is 0 Å². The van der Waals surface area contributed by atoms with Crippen molar-refractivity contribution in [1.82, 2.24) is 0 Å². The third-order valence-corrected chi connectivity index (χ3v) is 5.58. The number of carbonyl (C=O) groups is 4. The summed E-state index contributed by atoms with van der Waals surface area (Å²) >= 11 is 0. The fourth-order valence-corrected chi connectivity index (χ4v) is 3.73. The molecular weight excluding hydrogens is 483 g/mol. The summed E-state index contributed by atoms with van der Waals surface area (Å²) in [4.78, 5) is 47.8. The number of esters is 2. The molecule has 37 heavy (non-hydrogen) atoms. The second-order valence-corrected chi connectivity index (χ2v) is 9.75. The first-order valence-electron chi connectivity index (χ1n) is 11.7. The molecule has 0 saturated heterocycles. The molecule has 1 aliphatic rings. The summed E-state index contributed by atoms with van der Waals surface area (Å²) in [5.41, 5.74) is 0.617. The molecule has 3 rings (SSSR count). The standard InChI is InChI=1S/C26H29BO10/c1-26(2,3)25(32)36-15-35-24(31)21-9-5-7-17-12-18(27(33)37-23(17)21)13-19(28)10-16-6-4-8-20(11-16)34-14-22(29)30/h4-9,11,18,33H,10,12-15H2,1-3H3,(H,29,30)/t18-/m1/s1. The van der Waals surface area contributed by atoms with Crippen LogP contribution in [-0.4, -0.2) is 54.3 Å². The van der Waals surface area contributed by atoms with Crippen LogP contribution in [0.5, 0.6) is 11.5 Å². The van der Waals surface area contributed by atoms with Gasteiger partial charge in [-0.2, -0.15) is 0 Å². The van der Waals surface area contributed by atoms with Gasteiger partial charge < -0.3 is 29.0 Å². The number of fused-ring (bicyclic) bond motifs is 1. The van der Waals surface area contributed by atoms with E-state index in [-0.39, 0.29) is 29.9 Å². The SMILES string of the molecule is CC(C)(C)C(=O)OCOC(=O)c1cccc2c1OB(O)[C@@H](CC(=O)Cc1cccc(OCC(=O)O)c1)C2. The largest absolute Gasteiger partial charge is 0.535 e. The monoisotopic (exact) mass is 512 g/mol. The molecule has 10 nitrogen and oxygen atoms in total. The number of rotatable bonds is 10. The van der Waals surface area contributed by atoms with Crippen molar-refractivity contribution in [2.24, 2.45) is 5.41 Å². The minimum Gasteiger partial charge on any atom is -0.535 e. The average molecular weight is 512 g/mol. The smallest absolute Gasteiger partial charge is 0.526 e. The first-order valence-corrected chi connectivity index (χ1v) is 11.7. The molecule has 2 aromatic carbocycles. The lowest BCUT2D eigenvalue weighted by molar-refractivity contribution is -0.161. The Labute approximate surface area is 214 Å². The Balaban J connectivity index is 1.60. The molecule has 0 amide bonds. The lowest BCUT2D eigenvalue weighted by Crippen LogP contribution is -2.36. The zero-order valence-electron chi connectivity index (χ0n) is 20.9. The number of para-hydroxylation sites is 1. The van der Waals surface area contributed by atoms with Crippen LogP contribution in [0.4, 0.5) is 0 Å². The minimum absolute atomic E-state index is 0.0260. The Morgan fingerprint density at radius 2 is 1.81 bits per heavy atom. The summed E-state index contributed by atoms with van der Waals surface area (Å²) in [5.74, 6) is -2.58. The first kappa shape index (κ1) is 27.7. The summed E-state index contributed by atoms with van der Waals surface area (Å²) in [7, 11) is -1.32. The number of carboxylic acids is 1. The highest BCUT2D eigenvalue weighted by Crippen LogP contribution is 2.36. The second kappa shape index (κ2) is 11.9. The number of carbonyl (C=O) groups excluding carboxylic acids is 3. The van der Waals surface area contributed by atoms with Gasteiger partial charge >= 0.3 is 25.0 Å². The van der Waals surface area contributed by atoms with Gasteiger partial charge in [0.25, 0.3) is 0 Å². The third-order valence-electron chi connectivity index (χ3n) is 5.58. The number of ketones is 1. The summed E-state index contributed by atoms with van der Waals surface area (Å²) in [6.07, 6.45) is 0.391. The van der Waals surface area contributed by atoms with Gasteiger partial charge in [-0.3, -0.25) is 9.59 Å². The average Bonchev–Trinajstić information content (AvgIpc) is 2.82. The van der Waals surface area contributed by atoms with Gasteiger partial charge in [0, 0.05) is 18.7 Å². The lowest BCUT2D eigenvalue weighted by atomic mass is 9.64. The molecule has 1 heterocycles. The Hall–Kier alpha value is -3.86. The Morgan fingerprint density at radius 1 is 1.08 bits per heavy atom. The van der Waals surface area contributed by atoms with E-state index in [4.69, 9.17) is 24.0 Å². The van der Waals surface area contributed by atoms with Gasteiger partial charge in [-0.05, 0) is 56.5 Å². The van der Waals surface area contributed by atoms with Crippen molar-refractivity contribution in [3.8, 4) is 11.5 Å². The zero-order chi connectivity index (χ0) is 27.2. The number of ether oxygens (including phenoxy) is 3. The summed E-state index contributed by atoms with van der Waals surface area (Å²) < 4.78 is 20.8. The van der Waals surface area contributed by atoms with Gasteiger partial charge in [0.2, 0.25) is 6.79 Å². The van der Waals surface area contributed by atoms with Gasteiger partial charge in [-0.1, -0.05) is 24.3 Å². The fourth-order valence-electron chi connectivity index (χ4n) is 3.73. The molecule has 196 valence electrons. The van der Waals surface area contributed by atoms with Crippen LogP contribution in [-0.2, 0) is 36.7 Å². The van der Waals surface area contributed by atoms with Crippen molar-refractivity contribution < 1.29 is 48.2 Å².